The third-order valence-corrected chi connectivity index (χ3v) is 3.14. The van der Waals surface area contributed by atoms with Crippen LogP contribution in [0.15, 0.2) is 18.2 Å². The van der Waals surface area contributed by atoms with E-state index in [9.17, 15) is 4.79 Å². The van der Waals surface area contributed by atoms with Crippen molar-refractivity contribution in [2.75, 3.05) is 6.54 Å². The molecule has 0 spiro atoms. The molecule has 2 nitrogen and oxygen atoms in total. The first kappa shape index (κ1) is 10.4. The molecule has 2 heteroatoms. The molecule has 2 rings (SSSR count). The molecule has 1 aromatic rings. The van der Waals surface area contributed by atoms with Crippen LogP contribution in [0, 0.1) is 0 Å². The fourth-order valence-electron chi connectivity index (χ4n) is 2.11. The minimum Gasteiger partial charge on any atom is -0.298 e. The van der Waals surface area contributed by atoms with E-state index in [0.29, 0.717) is 6.04 Å². The van der Waals surface area contributed by atoms with Crippen LogP contribution < -0.4 is 0 Å². The number of hydrogen-bond donors (Lipinski definition) is 0. The highest BCUT2D eigenvalue weighted by Gasteiger charge is 2.17. The number of carbonyl (C=O) groups excluding carboxylic acids is 1. The highest BCUT2D eigenvalue weighted by atomic mass is 16.1. The monoisotopic (exact) mass is 203 g/mol. The molecule has 0 saturated carbocycles. The number of fused-ring (bicyclic) bond motifs is 1. The van der Waals surface area contributed by atoms with Crippen LogP contribution in [0.4, 0.5) is 0 Å². The van der Waals surface area contributed by atoms with E-state index in [0.717, 1.165) is 31.4 Å². The van der Waals surface area contributed by atoms with Crippen molar-refractivity contribution in [2.24, 2.45) is 0 Å². The first-order valence-corrected chi connectivity index (χ1v) is 5.51. The van der Waals surface area contributed by atoms with Crippen LogP contribution in [0.25, 0.3) is 0 Å². The van der Waals surface area contributed by atoms with Crippen LogP contribution in [0.2, 0.25) is 0 Å². The van der Waals surface area contributed by atoms with Crippen molar-refractivity contribution in [3.63, 3.8) is 0 Å². The van der Waals surface area contributed by atoms with Crippen molar-refractivity contribution in [1.82, 2.24) is 4.90 Å². The average Bonchev–Trinajstić information content (AvgIpc) is 2.27. The topological polar surface area (TPSA) is 20.3 Å². The Kier molecular flexibility index (Phi) is 2.87. The number of nitrogens with zero attached hydrogens (tertiary/aromatic N) is 1. The van der Waals surface area contributed by atoms with Crippen molar-refractivity contribution in [1.29, 1.82) is 0 Å². The zero-order valence-corrected chi connectivity index (χ0v) is 9.36. The maximum atomic E-state index is 10.7. The lowest BCUT2D eigenvalue weighted by atomic mass is 9.97. The molecule has 0 saturated heterocycles. The summed E-state index contributed by atoms with van der Waals surface area (Å²) in [5.74, 6) is 0. The molecule has 0 atom stereocenters. The Bertz CT molecular complexity index is 371. The van der Waals surface area contributed by atoms with Crippen LogP contribution in [0.3, 0.4) is 0 Å². The van der Waals surface area contributed by atoms with E-state index in [1.165, 1.54) is 11.1 Å². The summed E-state index contributed by atoms with van der Waals surface area (Å²) in [7, 11) is 0. The van der Waals surface area contributed by atoms with Gasteiger partial charge in [0.2, 0.25) is 0 Å². The Balaban J connectivity index is 2.24. The van der Waals surface area contributed by atoms with Gasteiger partial charge < -0.3 is 0 Å². The summed E-state index contributed by atoms with van der Waals surface area (Å²) < 4.78 is 0. The molecule has 0 bridgehead atoms. The predicted molar refractivity (Wildman–Crippen MR) is 61.1 cm³/mol. The molecule has 0 amide bonds. The van der Waals surface area contributed by atoms with E-state index in [1.807, 2.05) is 12.1 Å². The number of carbonyl (C=O) groups is 1. The standard InChI is InChI=1S/C13H17NO/c1-10(2)14-6-5-12-7-11(9-15)3-4-13(12)8-14/h3-4,7,9-10H,5-6,8H2,1-2H3. The number of hydrogen-bond acceptors (Lipinski definition) is 2. The lowest BCUT2D eigenvalue weighted by molar-refractivity contribution is 0.112. The van der Waals surface area contributed by atoms with Crippen molar-refractivity contribution in [3.8, 4) is 0 Å². The summed E-state index contributed by atoms with van der Waals surface area (Å²) in [5, 5.41) is 0. The molecular weight excluding hydrogens is 186 g/mol. The van der Waals surface area contributed by atoms with Crippen LogP contribution in [0.1, 0.15) is 35.3 Å². The highest BCUT2D eigenvalue weighted by molar-refractivity contribution is 5.75. The van der Waals surface area contributed by atoms with Gasteiger partial charge >= 0.3 is 0 Å². The number of rotatable bonds is 2. The first-order chi connectivity index (χ1) is 7.20. The lowest BCUT2D eigenvalue weighted by Crippen LogP contribution is -2.35. The molecule has 15 heavy (non-hydrogen) atoms. The largest absolute Gasteiger partial charge is 0.298 e. The maximum absolute atomic E-state index is 10.7. The second-order valence-corrected chi connectivity index (χ2v) is 4.46. The third kappa shape index (κ3) is 2.10. The molecule has 1 aliphatic rings. The van der Waals surface area contributed by atoms with Crippen LogP contribution >= 0.6 is 0 Å². The van der Waals surface area contributed by atoms with E-state index < -0.39 is 0 Å². The number of benzene rings is 1. The van der Waals surface area contributed by atoms with Crippen molar-refractivity contribution in [2.45, 2.75) is 32.9 Å². The average molecular weight is 203 g/mol. The van der Waals surface area contributed by atoms with E-state index >= 15 is 0 Å². The summed E-state index contributed by atoms with van der Waals surface area (Å²) in [6.45, 7) is 6.58. The second kappa shape index (κ2) is 4.15. The minimum atomic E-state index is 0.601. The van der Waals surface area contributed by atoms with Gasteiger partial charge in [-0.15, -0.1) is 0 Å². The summed E-state index contributed by atoms with van der Waals surface area (Å²) in [5.41, 5.74) is 3.52. The van der Waals surface area contributed by atoms with E-state index in [4.69, 9.17) is 0 Å². The van der Waals surface area contributed by atoms with E-state index in [1.54, 1.807) is 0 Å². The molecule has 1 heterocycles. The summed E-state index contributed by atoms with van der Waals surface area (Å²) in [6, 6.07) is 6.63. The van der Waals surface area contributed by atoms with Gasteiger partial charge in [0, 0.05) is 24.7 Å². The van der Waals surface area contributed by atoms with Gasteiger partial charge in [0.1, 0.15) is 6.29 Å². The predicted octanol–water partition coefficient (Wildman–Crippen LogP) is 2.27. The molecule has 1 aliphatic heterocycles. The summed E-state index contributed by atoms with van der Waals surface area (Å²) in [4.78, 5) is 13.1. The molecule has 1 aromatic carbocycles. The Morgan fingerprint density at radius 1 is 1.33 bits per heavy atom. The van der Waals surface area contributed by atoms with Crippen LogP contribution in [0.5, 0.6) is 0 Å². The molecule has 0 fully saturated rings. The van der Waals surface area contributed by atoms with Crippen molar-refractivity contribution in [3.05, 3.63) is 34.9 Å². The fraction of sp³-hybridized carbons (Fsp3) is 0.462. The van der Waals surface area contributed by atoms with Gasteiger partial charge in [0.05, 0.1) is 0 Å². The highest BCUT2D eigenvalue weighted by Crippen LogP contribution is 2.21. The van der Waals surface area contributed by atoms with Gasteiger partial charge in [-0.25, -0.2) is 0 Å². The Morgan fingerprint density at radius 3 is 2.80 bits per heavy atom. The van der Waals surface area contributed by atoms with E-state index in [-0.39, 0.29) is 0 Å². The van der Waals surface area contributed by atoms with Gasteiger partial charge in [-0.2, -0.15) is 0 Å². The maximum Gasteiger partial charge on any atom is 0.150 e. The van der Waals surface area contributed by atoms with Crippen LogP contribution in [-0.2, 0) is 13.0 Å². The quantitative estimate of drug-likeness (QED) is 0.687. The third-order valence-electron chi connectivity index (χ3n) is 3.14. The van der Waals surface area contributed by atoms with Crippen LogP contribution in [-0.4, -0.2) is 23.8 Å². The van der Waals surface area contributed by atoms with Gasteiger partial charge in [-0.1, -0.05) is 12.1 Å². The van der Waals surface area contributed by atoms with Gasteiger partial charge in [0.25, 0.3) is 0 Å². The fourth-order valence-corrected chi connectivity index (χ4v) is 2.11. The van der Waals surface area contributed by atoms with Gasteiger partial charge in [-0.05, 0) is 37.5 Å². The smallest absolute Gasteiger partial charge is 0.150 e. The Hall–Kier alpha value is -1.15. The molecule has 80 valence electrons. The molecule has 0 aromatic heterocycles. The van der Waals surface area contributed by atoms with Crippen molar-refractivity contribution >= 4 is 6.29 Å². The molecule has 0 aliphatic carbocycles. The Labute approximate surface area is 90.9 Å². The van der Waals surface area contributed by atoms with Crippen molar-refractivity contribution < 1.29 is 4.79 Å². The molecule has 0 N–H and O–H groups in total. The Morgan fingerprint density at radius 2 is 2.13 bits per heavy atom. The molecule has 0 unspecified atom stereocenters. The van der Waals surface area contributed by atoms with E-state index in [2.05, 4.69) is 24.8 Å². The minimum absolute atomic E-state index is 0.601. The normalized spacial score (nSPS) is 16.5. The first-order valence-electron chi connectivity index (χ1n) is 5.51. The van der Waals surface area contributed by atoms with Gasteiger partial charge in [-0.3, -0.25) is 9.69 Å². The molecular formula is C13H17NO. The second-order valence-electron chi connectivity index (χ2n) is 4.46. The lowest BCUT2D eigenvalue weighted by Gasteiger charge is -2.31. The molecule has 0 radical (unpaired) electrons. The summed E-state index contributed by atoms with van der Waals surface area (Å²) in [6.07, 6.45) is 1.99. The zero-order valence-electron chi connectivity index (χ0n) is 9.36. The zero-order chi connectivity index (χ0) is 10.8. The SMILES string of the molecule is CC(C)N1CCc2cc(C=O)ccc2C1. The summed E-state index contributed by atoms with van der Waals surface area (Å²) >= 11 is 0. The van der Waals surface area contributed by atoms with Gasteiger partial charge in [0.15, 0.2) is 0 Å². The number of aldehydes is 1.